The molecule has 0 N–H and O–H groups in total. The summed E-state index contributed by atoms with van der Waals surface area (Å²) in [5, 5.41) is 0. The van der Waals surface area contributed by atoms with E-state index in [1.807, 2.05) is 92.7 Å². The van der Waals surface area contributed by atoms with Crippen LogP contribution >= 0.6 is 11.8 Å². The predicted molar refractivity (Wildman–Crippen MR) is 133 cm³/mol. The molecule has 0 fully saturated rings. The van der Waals surface area contributed by atoms with Crippen molar-refractivity contribution in [1.29, 1.82) is 0 Å². The first kappa shape index (κ1) is 39.6. The summed E-state index contributed by atoms with van der Waals surface area (Å²) < 4.78 is 0. The molecule has 0 aliphatic rings. The average molecular weight is 387 g/mol. The summed E-state index contributed by atoms with van der Waals surface area (Å²) >= 11 is 1.69. The van der Waals surface area contributed by atoms with Crippen molar-refractivity contribution in [1.82, 2.24) is 9.80 Å². The van der Waals surface area contributed by atoms with E-state index in [4.69, 9.17) is 0 Å². The quantitative estimate of drug-likeness (QED) is 0.456. The van der Waals surface area contributed by atoms with Crippen LogP contribution in [0.15, 0.2) is 60.3 Å². The molecule has 0 saturated heterocycles. The molecule has 0 bridgehead atoms. The Morgan fingerprint density at radius 3 is 0.654 bits per heavy atom. The van der Waals surface area contributed by atoms with E-state index in [0.29, 0.717) is 0 Å². The third kappa shape index (κ3) is 142. The number of thioether (sulfide) groups is 1. The molecule has 2 nitrogen and oxygen atoms in total. The van der Waals surface area contributed by atoms with Gasteiger partial charge in [-0.3, -0.25) is 0 Å². The number of allylic oxidation sites excluding steroid dienone is 5. The fraction of sp³-hybridized carbons (Fsp3) is 0.565. The highest BCUT2D eigenvalue weighted by atomic mass is 32.2. The van der Waals surface area contributed by atoms with E-state index in [1.165, 1.54) is 16.1 Å². The predicted octanol–water partition coefficient (Wildman–Crippen LogP) is 7.85. The molecule has 0 radical (unpaired) electrons. The summed E-state index contributed by atoms with van der Waals surface area (Å²) in [6.45, 7) is 31.9. The van der Waals surface area contributed by atoms with Crippen molar-refractivity contribution in [3.8, 4) is 0 Å². The van der Waals surface area contributed by atoms with Crippen molar-refractivity contribution in [2.24, 2.45) is 0 Å². The number of hydrogen-bond acceptors (Lipinski definition) is 3. The van der Waals surface area contributed by atoms with Crippen LogP contribution in [0.2, 0.25) is 0 Å². The number of hydrogen-bond donors (Lipinski definition) is 0. The maximum atomic E-state index is 3.68. The molecule has 0 aliphatic carbocycles. The highest BCUT2D eigenvalue weighted by molar-refractivity contribution is 8.02. The van der Waals surface area contributed by atoms with E-state index in [2.05, 4.69) is 32.9 Å². The first-order valence-corrected chi connectivity index (χ1v) is 9.34. The van der Waals surface area contributed by atoms with Gasteiger partial charge >= 0.3 is 0 Å². The van der Waals surface area contributed by atoms with E-state index in [1.54, 1.807) is 11.8 Å². The molecule has 0 aromatic carbocycles. The van der Waals surface area contributed by atoms with Crippen LogP contribution in [0.4, 0.5) is 0 Å². The van der Waals surface area contributed by atoms with Crippen LogP contribution in [-0.2, 0) is 0 Å². The molecular formula is C23H50N2S. The largest absolute Gasteiger partial charge is 0.382 e. The molecule has 158 valence electrons. The molecule has 0 unspecified atom stereocenters. The molecule has 0 spiro atoms. The normalized spacial score (nSPS) is 7.08. The lowest BCUT2D eigenvalue weighted by Crippen LogP contribution is -2.05. The smallest absolute Gasteiger partial charge is 0.00578 e. The van der Waals surface area contributed by atoms with Crippen molar-refractivity contribution in [2.45, 2.75) is 55.9 Å². The fourth-order valence-corrected chi connectivity index (χ4v) is 0. The van der Waals surface area contributed by atoms with Gasteiger partial charge in [-0.1, -0.05) is 38.3 Å². The van der Waals surface area contributed by atoms with Gasteiger partial charge in [-0.2, -0.15) is 0 Å². The molecule has 0 atom stereocenters. The molecule has 3 heteroatoms. The lowest BCUT2D eigenvalue weighted by molar-refractivity contribution is 0.516. The lowest BCUT2D eigenvalue weighted by Gasteiger charge is -2.08. The molecule has 0 aliphatic heterocycles. The second-order valence-electron chi connectivity index (χ2n) is 6.58. The van der Waals surface area contributed by atoms with Gasteiger partial charge in [0.1, 0.15) is 0 Å². The van der Waals surface area contributed by atoms with Crippen LogP contribution in [0.3, 0.4) is 0 Å². The fourth-order valence-electron chi connectivity index (χ4n) is 0. The third-order valence-electron chi connectivity index (χ3n) is 1.88. The van der Waals surface area contributed by atoms with Crippen molar-refractivity contribution in [2.75, 3.05) is 34.4 Å². The van der Waals surface area contributed by atoms with E-state index in [0.717, 1.165) is 11.4 Å². The zero-order valence-electron chi connectivity index (χ0n) is 19.3. The average Bonchev–Trinajstić information content (AvgIpc) is 2.38. The topological polar surface area (TPSA) is 6.48 Å². The van der Waals surface area contributed by atoms with E-state index in [9.17, 15) is 0 Å². The Morgan fingerprint density at radius 1 is 0.577 bits per heavy atom. The first-order chi connectivity index (χ1) is 11.0. The Bertz CT molecular complexity index is 340. The van der Waals surface area contributed by atoms with Crippen LogP contribution in [0.1, 0.15) is 55.9 Å². The van der Waals surface area contributed by atoms with Crippen LogP contribution in [-0.4, -0.2) is 44.2 Å². The van der Waals surface area contributed by atoms with Crippen molar-refractivity contribution < 1.29 is 0 Å². The molecule has 0 heterocycles. The summed E-state index contributed by atoms with van der Waals surface area (Å²) in [4.78, 5) is 5.12. The Kier molecular flexibility index (Phi) is 43.4. The van der Waals surface area contributed by atoms with Crippen LogP contribution < -0.4 is 0 Å². The van der Waals surface area contributed by atoms with Gasteiger partial charge in [0.15, 0.2) is 0 Å². The molecule has 0 rings (SSSR count). The Morgan fingerprint density at radius 2 is 0.654 bits per heavy atom. The zero-order chi connectivity index (χ0) is 21.7. The highest BCUT2D eigenvalue weighted by Crippen LogP contribution is 2.03. The molecule has 0 amide bonds. The molecule has 0 aromatic heterocycles. The van der Waals surface area contributed by atoms with E-state index >= 15 is 0 Å². The molecule has 0 saturated carbocycles. The van der Waals surface area contributed by atoms with Gasteiger partial charge in [0.25, 0.3) is 0 Å². The number of rotatable bonds is 3. The van der Waals surface area contributed by atoms with Gasteiger partial charge in [0, 0.05) is 39.6 Å². The molecule has 0 aromatic rings. The van der Waals surface area contributed by atoms with Crippen molar-refractivity contribution in [3.63, 3.8) is 0 Å². The Balaban J connectivity index is -0.0000000482. The SMILES string of the molecule is C.C=C(C)C.C=C(C)C.C=C(C)N(C)C.C=C(C)N(C)C.C=C(C)SC. The van der Waals surface area contributed by atoms with Gasteiger partial charge in [-0.25, -0.2) is 0 Å². The van der Waals surface area contributed by atoms with Crippen LogP contribution in [0.5, 0.6) is 0 Å². The second-order valence-corrected chi connectivity index (χ2v) is 7.68. The number of nitrogens with zero attached hydrogens (tertiary/aromatic N) is 2. The minimum atomic E-state index is 0. The second kappa shape index (κ2) is 28.5. The Hall–Kier alpha value is -1.35. The summed E-state index contributed by atoms with van der Waals surface area (Å²) in [5.41, 5.74) is 4.52. The highest BCUT2D eigenvalue weighted by Gasteiger charge is 1.79. The third-order valence-corrected chi connectivity index (χ3v) is 2.57. The summed E-state index contributed by atoms with van der Waals surface area (Å²) in [6, 6.07) is 0. The summed E-state index contributed by atoms with van der Waals surface area (Å²) in [6.07, 6.45) is 2.02. The van der Waals surface area contributed by atoms with Crippen molar-refractivity contribution >= 4 is 11.8 Å². The van der Waals surface area contributed by atoms with Gasteiger partial charge in [0.05, 0.1) is 0 Å². The zero-order valence-corrected chi connectivity index (χ0v) is 20.2. The van der Waals surface area contributed by atoms with Crippen LogP contribution in [0.25, 0.3) is 0 Å². The van der Waals surface area contributed by atoms with Gasteiger partial charge in [-0.05, 0) is 59.6 Å². The Labute approximate surface area is 172 Å². The minimum absolute atomic E-state index is 0. The maximum Gasteiger partial charge on any atom is 0.00578 e. The summed E-state index contributed by atoms with van der Waals surface area (Å²) in [5.74, 6) is 0. The summed E-state index contributed by atoms with van der Waals surface area (Å²) in [7, 11) is 7.90. The van der Waals surface area contributed by atoms with E-state index < -0.39 is 0 Å². The van der Waals surface area contributed by atoms with Gasteiger partial charge in [-0.15, -0.1) is 24.9 Å². The first-order valence-electron chi connectivity index (χ1n) is 8.12. The standard InChI is InChI=1S/2C5H11N.C4H8S.2C4H8.CH4/c2*1-5(2)6(3)4;1-4(2)5-3;2*1-4(2)3;/h2*1H2,2-4H3;1H2,2-3H3;2*1H2,2-3H3;1H4. The van der Waals surface area contributed by atoms with Gasteiger partial charge < -0.3 is 9.80 Å². The van der Waals surface area contributed by atoms with Gasteiger partial charge in [0.2, 0.25) is 0 Å². The van der Waals surface area contributed by atoms with E-state index in [-0.39, 0.29) is 7.43 Å². The van der Waals surface area contributed by atoms with Crippen molar-refractivity contribution in [3.05, 3.63) is 60.3 Å². The monoisotopic (exact) mass is 386 g/mol. The molecular weight excluding hydrogens is 336 g/mol. The lowest BCUT2D eigenvalue weighted by atomic mass is 10.4. The molecule has 26 heavy (non-hydrogen) atoms. The minimum Gasteiger partial charge on any atom is -0.382 e. The maximum absolute atomic E-state index is 3.68. The van der Waals surface area contributed by atoms with Crippen LogP contribution in [0, 0.1) is 0 Å².